The third-order valence-corrected chi connectivity index (χ3v) is 3.89. The van der Waals surface area contributed by atoms with Gasteiger partial charge >= 0.3 is 0 Å². The molecule has 0 fully saturated rings. The van der Waals surface area contributed by atoms with Crippen molar-refractivity contribution in [3.8, 4) is 0 Å². The first kappa shape index (κ1) is 15.4. The summed E-state index contributed by atoms with van der Waals surface area (Å²) in [7, 11) is 0. The van der Waals surface area contributed by atoms with E-state index < -0.39 is 5.82 Å². The van der Waals surface area contributed by atoms with Crippen molar-refractivity contribution in [2.45, 2.75) is 0 Å². The Balaban J connectivity index is 1.88. The normalized spacial score (nSPS) is 13.8. The van der Waals surface area contributed by atoms with E-state index in [-0.39, 0.29) is 18.4 Å². The maximum absolute atomic E-state index is 13.7. The van der Waals surface area contributed by atoms with Gasteiger partial charge in [0.05, 0.1) is 11.4 Å². The predicted molar refractivity (Wildman–Crippen MR) is 90.6 cm³/mol. The van der Waals surface area contributed by atoms with Crippen molar-refractivity contribution >= 4 is 45.2 Å². The molecule has 3 rings (SSSR count). The topological polar surface area (TPSA) is 49.4 Å². The summed E-state index contributed by atoms with van der Waals surface area (Å²) < 4.78 is 14.4. The molecular formula is C17H12BrFN2O2. The van der Waals surface area contributed by atoms with Crippen LogP contribution in [0.15, 0.2) is 53.0 Å². The lowest BCUT2D eigenvalue weighted by atomic mass is 10.1. The highest BCUT2D eigenvalue weighted by Crippen LogP contribution is 2.29. The summed E-state index contributed by atoms with van der Waals surface area (Å²) in [6.07, 6.45) is 2.66. The molecule has 2 aromatic rings. The first-order valence-electron chi connectivity index (χ1n) is 6.88. The van der Waals surface area contributed by atoms with Gasteiger partial charge in [-0.05, 0) is 36.4 Å². The molecule has 0 saturated carbocycles. The zero-order valence-corrected chi connectivity index (χ0v) is 13.5. The van der Waals surface area contributed by atoms with Crippen molar-refractivity contribution in [3.05, 3.63) is 64.4 Å². The van der Waals surface area contributed by atoms with Crippen LogP contribution in [0.5, 0.6) is 0 Å². The van der Waals surface area contributed by atoms with Gasteiger partial charge in [-0.3, -0.25) is 14.5 Å². The Kier molecular flexibility index (Phi) is 4.25. The SMILES string of the molecule is O=C1CN(C(=O)/C=C/c2cc(Br)ccc2F)c2ccccc2N1. The Bertz CT molecular complexity index is 820. The molecule has 6 heteroatoms. The van der Waals surface area contributed by atoms with E-state index in [1.807, 2.05) is 0 Å². The van der Waals surface area contributed by atoms with Gasteiger partial charge in [0.1, 0.15) is 12.4 Å². The molecule has 1 N–H and O–H groups in total. The number of para-hydroxylation sites is 2. The minimum Gasteiger partial charge on any atom is -0.323 e. The molecule has 0 saturated heterocycles. The molecule has 116 valence electrons. The van der Waals surface area contributed by atoms with Gasteiger partial charge in [0.25, 0.3) is 5.91 Å². The first-order valence-corrected chi connectivity index (χ1v) is 7.67. The molecule has 0 aliphatic carbocycles. The van der Waals surface area contributed by atoms with Gasteiger partial charge in [0, 0.05) is 16.1 Å². The average Bonchev–Trinajstić information content (AvgIpc) is 2.54. The van der Waals surface area contributed by atoms with Crippen LogP contribution in [-0.2, 0) is 9.59 Å². The van der Waals surface area contributed by atoms with Crippen molar-refractivity contribution in [1.29, 1.82) is 0 Å². The van der Waals surface area contributed by atoms with Gasteiger partial charge in [-0.2, -0.15) is 0 Å². The summed E-state index contributed by atoms with van der Waals surface area (Å²) in [5.74, 6) is -1.07. The molecule has 0 aromatic heterocycles. The molecule has 0 atom stereocenters. The second kappa shape index (κ2) is 6.34. The van der Waals surface area contributed by atoms with Crippen LogP contribution in [0.3, 0.4) is 0 Å². The van der Waals surface area contributed by atoms with E-state index >= 15 is 0 Å². The standard InChI is InChI=1S/C17H12BrFN2O2/c18-12-6-7-13(19)11(9-12)5-8-17(23)21-10-16(22)20-14-3-1-2-4-15(14)21/h1-9H,10H2,(H,20,22)/b8-5+. The molecule has 1 aliphatic heterocycles. The van der Waals surface area contributed by atoms with E-state index in [9.17, 15) is 14.0 Å². The van der Waals surface area contributed by atoms with E-state index in [2.05, 4.69) is 21.2 Å². The maximum atomic E-state index is 13.7. The van der Waals surface area contributed by atoms with Gasteiger partial charge in [-0.15, -0.1) is 0 Å². The Hall–Kier alpha value is -2.47. The Morgan fingerprint density at radius 1 is 1.26 bits per heavy atom. The van der Waals surface area contributed by atoms with Crippen LogP contribution in [-0.4, -0.2) is 18.4 Å². The number of hydrogen-bond acceptors (Lipinski definition) is 2. The monoisotopic (exact) mass is 374 g/mol. The van der Waals surface area contributed by atoms with Crippen LogP contribution >= 0.6 is 15.9 Å². The highest BCUT2D eigenvalue weighted by molar-refractivity contribution is 9.10. The third-order valence-electron chi connectivity index (χ3n) is 3.40. The molecule has 23 heavy (non-hydrogen) atoms. The number of anilines is 2. The third kappa shape index (κ3) is 3.32. The van der Waals surface area contributed by atoms with Crippen molar-refractivity contribution in [3.63, 3.8) is 0 Å². The highest BCUT2D eigenvalue weighted by Gasteiger charge is 2.25. The van der Waals surface area contributed by atoms with Crippen LogP contribution in [0.1, 0.15) is 5.56 Å². The van der Waals surface area contributed by atoms with Gasteiger partial charge in [0.15, 0.2) is 0 Å². The molecule has 4 nitrogen and oxygen atoms in total. The molecule has 0 radical (unpaired) electrons. The van der Waals surface area contributed by atoms with Gasteiger partial charge in [-0.1, -0.05) is 28.1 Å². The summed E-state index contributed by atoms with van der Waals surface area (Å²) in [6.45, 7) is -0.0683. The number of benzene rings is 2. The largest absolute Gasteiger partial charge is 0.323 e. The minimum absolute atomic E-state index is 0.0683. The molecule has 1 aliphatic rings. The van der Waals surface area contributed by atoms with Crippen LogP contribution in [0.2, 0.25) is 0 Å². The fourth-order valence-electron chi connectivity index (χ4n) is 2.32. The quantitative estimate of drug-likeness (QED) is 0.816. The summed E-state index contributed by atoms with van der Waals surface area (Å²) in [4.78, 5) is 25.5. The number of nitrogens with zero attached hydrogens (tertiary/aromatic N) is 1. The Labute approximate surface area is 140 Å². The number of carbonyl (C=O) groups excluding carboxylic acids is 2. The van der Waals surface area contributed by atoms with Crippen molar-refractivity contribution < 1.29 is 14.0 Å². The number of rotatable bonds is 2. The number of carbonyl (C=O) groups is 2. The fraction of sp³-hybridized carbons (Fsp3) is 0.0588. The van der Waals surface area contributed by atoms with E-state index in [1.165, 1.54) is 23.1 Å². The Morgan fingerprint density at radius 3 is 2.87 bits per heavy atom. The lowest BCUT2D eigenvalue weighted by Gasteiger charge is -2.28. The van der Waals surface area contributed by atoms with E-state index in [0.717, 1.165) is 0 Å². The first-order chi connectivity index (χ1) is 11.0. The predicted octanol–water partition coefficient (Wildman–Crippen LogP) is 3.59. The maximum Gasteiger partial charge on any atom is 0.251 e. The number of halogens is 2. The number of fused-ring (bicyclic) bond motifs is 1. The molecule has 2 aromatic carbocycles. The smallest absolute Gasteiger partial charge is 0.251 e. The molecular weight excluding hydrogens is 363 g/mol. The summed E-state index contributed by atoms with van der Waals surface area (Å²) in [6, 6.07) is 11.5. The molecule has 0 spiro atoms. The zero-order valence-electron chi connectivity index (χ0n) is 11.9. The zero-order chi connectivity index (χ0) is 16.4. The van der Waals surface area contributed by atoms with Crippen LogP contribution < -0.4 is 10.2 Å². The Morgan fingerprint density at radius 2 is 2.04 bits per heavy atom. The summed E-state index contributed by atoms with van der Waals surface area (Å²) in [5, 5.41) is 2.71. The van der Waals surface area contributed by atoms with Gasteiger partial charge in [-0.25, -0.2) is 4.39 Å². The molecule has 2 amide bonds. The van der Waals surface area contributed by atoms with Crippen LogP contribution in [0.25, 0.3) is 6.08 Å². The second-order valence-electron chi connectivity index (χ2n) is 4.99. The highest BCUT2D eigenvalue weighted by atomic mass is 79.9. The van der Waals surface area contributed by atoms with Crippen LogP contribution in [0.4, 0.5) is 15.8 Å². The summed E-state index contributed by atoms with van der Waals surface area (Å²) in [5.41, 5.74) is 1.50. The van der Waals surface area contributed by atoms with Gasteiger partial charge < -0.3 is 5.32 Å². The fourth-order valence-corrected chi connectivity index (χ4v) is 2.70. The second-order valence-corrected chi connectivity index (χ2v) is 5.90. The molecule has 0 unspecified atom stereocenters. The lowest BCUT2D eigenvalue weighted by Crippen LogP contribution is -2.41. The molecule has 0 bridgehead atoms. The lowest BCUT2D eigenvalue weighted by molar-refractivity contribution is -0.119. The summed E-state index contributed by atoms with van der Waals surface area (Å²) >= 11 is 3.26. The van der Waals surface area contributed by atoms with E-state index in [4.69, 9.17) is 0 Å². The number of amides is 2. The van der Waals surface area contributed by atoms with Crippen molar-refractivity contribution in [1.82, 2.24) is 0 Å². The average molecular weight is 375 g/mol. The van der Waals surface area contributed by atoms with E-state index in [1.54, 1.807) is 36.4 Å². The van der Waals surface area contributed by atoms with Crippen molar-refractivity contribution in [2.75, 3.05) is 16.8 Å². The van der Waals surface area contributed by atoms with Gasteiger partial charge in [0.2, 0.25) is 5.91 Å². The number of hydrogen-bond donors (Lipinski definition) is 1. The molecule has 1 heterocycles. The number of nitrogens with one attached hydrogen (secondary N) is 1. The van der Waals surface area contributed by atoms with Crippen LogP contribution in [0, 0.1) is 5.82 Å². The van der Waals surface area contributed by atoms with E-state index in [0.29, 0.717) is 21.4 Å². The van der Waals surface area contributed by atoms with Crippen molar-refractivity contribution in [2.24, 2.45) is 0 Å². The minimum atomic E-state index is -0.422.